The molecule has 1 heterocycles. The molecule has 19 heavy (non-hydrogen) atoms. The molecule has 1 aliphatic rings. The van der Waals surface area contributed by atoms with E-state index in [9.17, 15) is 0 Å². The fourth-order valence-corrected chi connectivity index (χ4v) is 3.83. The number of benzene rings is 2. The molecule has 0 saturated carbocycles. The summed E-state index contributed by atoms with van der Waals surface area (Å²) < 4.78 is 5.25. The zero-order valence-corrected chi connectivity index (χ0v) is 12.0. The molecule has 2 aromatic carbocycles. The van der Waals surface area contributed by atoms with Crippen LogP contribution in [0.15, 0.2) is 48.5 Å². The normalized spacial score (nSPS) is 18.5. The summed E-state index contributed by atoms with van der Waals surface area (Å²) in [7, 11) is 1.71. The van der Waals surface area contributed by atoms with Crippen LogP contribution in [0.4, 0.5) is 0 Å². The Morgan fingerprint density at radius 3 is 2.63 bits per heavy atom. The Kier molecular flexibility index (Phi) is 3.79. The standard InChI is InChI=1S/C17H18OS/c1-18-15-8-6-14(7-9-15)17-12-19-11-10-13-4-2-3-5-16(13)17/h2-9,17H,10-12H2,1H3. The van der Waals surface area contributed by atoms with Crippen molar-refractivity contribution in [2.45, 2.75) is 12.3 Å². The van der Waals surface area contributed by atoms with Gasteiger partial charge in [-0.05, 0) is 41.0 Å². The SMILES string of the molecule is COc1ccc(C2CSCCc3ccccc32)cc1. The lowest BCUT2D eigenvalue weighted by Crippen LogP contribution is -2.05. The van der Waals surface area contributed by atoms with E-state index in [1.807, 2.05) is 0 Å². The number of methoxy groups -OCH3 is 1. The van der Waals surface area contributed by atoms with E-state index in [-0.39, 0.29) is 0 Å². The highest BCUT2D eigenvalue weighted by molar-refractivity contribution is 7.99. The molecule has 0 N–H and O–H groups in total. The third-order valence-corrected chi connectivity index (χ3v) is 4.81. The average Bonchev–Trinajstić information content (AvgIpc) is 2.70. The van der Waals surface area contributed by atoms with E-state index in [1.54, 1.807) is 7.11 Å². The maximum atomic E-state index is 5.25. The zero-order chi connectivity index (χ0) is 13.1. The molecule has 1 atom stereocenters. The minimum Gasteiger partial charge on any atom is -0.497 e. The van der Waals surface area contributed by atoms with Crippen LogP contribution in [-0.2, 0) is 6.42 Å². The third kappa shape index (κ3) is 2.64. The molecular weight excluding hydrogens is 252 g/mol. The number of fused-ring (bicyclic) bond motifs is 1. The Bertz CT molecular complexity index is 547. The van der Waals surface area contributed by atoms with Gasteiger partial charge in [-0.2, -0.15) is 11.8 Å². The van der Waals surface area contributed by atoms with Crippen LogP contribution in [0.5, 0.6) is 5.75 Å². The van der Waals surface area contributed by atoms with Gasteiger partial charge in [-0.3, -0.25) is 0 Å². The van der Waals surface area contributed by atoms with Crippen LogP contribution >= 0.6 is 11.8 Å². The quantitative estimate of drug-likeness (QED) is 0.812. The minimum atomic E-state index is 0.509. The van der Waals surface area contributed by atoms with Crippen LogP contribution in [0.2, 0.25) is 0 Å². The van der Waals surface area contributed by atoms with Crippen molar-refractivity contribution in [2.75, 3.05) is 18.6 Å². The summed E-state index contributed by atoms with van der Waals surface area (Å²) in [6, 6.07) is 17.4. The maximum Gasteiger partial charge on any atom is 0.118 e. The number of ether oxygens (including phenoxy) is 1. The van der Waals surface area contributed by atoms with Crippen molar-refractivity contribution in [3.63, 3.8) is 0 Å². The fraction of sp³-hybridized carbons (Fsp3) is 0.294. The van der Waals surface area contributed by atoms with Crippen molar-refractivity contribution in [2.24, 2.45) is 0 Å². The smallest absolute Gasteiger partial charge is 0.118 e. The minimum absolute atomic E-state index is 0.509. The Morgan fingerprint density at radius 2 is 1.84 bits per heavy atom. The van der Waals surface area contributed by atoms with Crippen LogP contribution in [-0.4, -0.2) is 18.6 Å². The summed E-state index contributed by atoms with van der Waals surface area (Å²) in [5, 5.41) is 0. The van der Waals surface area contributed by atoms with E-state index in [0.717, 1.165) is 5.75 Å². The van der Waals surface area contributed by atoms with Crippen LogP contribution in [0.3, 0.4) is 0 Å². The lowest BCUT2D eigenvalue weighted by atomic mass is 9.89. The van der Waals surface area contributed by atoms with Gasteiger partial charge in [0.1, 0.15) is 5.75 Å². The Morgan fingerprint density at radius 1 is 1.05 bits per heavy atom. The van der Waals surface area contributed by atoms with Crippen LogP contribution < -0.4 is 4.74 Å². The molecule has 2 heteroatoms. The average molecular weight is 270 g/mol. The second-order valence-corrected chi connectivity index (χ2v) is 6.00. The van der Waals surface area contributed by atoms with Gasteiger partial charge in [0, 0.05) is 11.7 Å². The second-order valence-electron chi connectivity index (χ2n) is 4.85. The summed E-state index contributed by atoms with van der Waals surface area (Å²) in [6.45, 7) is 0. The zero-order valence-electron chi connectivity index (χ0n) is 11.1. The molecule has 1 nitrogen and oxygen atoms in total. The van der Waals surface area contributed by atoms with E-state index in [1.165, 1.54) is 34.6 Å². The van der Waals surface area contributed by atoms with E-state index in [0.29, 0.717) is 5.92 Å². The predicted molar refractivity (Wildman–Crippen MR) is 82.3 cm³/mol. The van der Waals surface area contributed by atoms with Gasteiger partial charge in [0.2, 0.25) is 0 Å². The van der Waals surface area contributed by atoms with Crippen LogP contribution in [0.25, 0.3) is 0 Å². The fourth-order valence-electron chi connectivity index (χ4n) is 2.69. The molecule has 98 valence electrons. The topological polar surface area (TPSA) is 9.23 Å². The molecule has 0 radical (unpaired) electrons. The number of hydrogen-bond donors (Lipinski definition) is 0. The molecule has 0 aromatic heterocycles. The maximum absolute atomic E-state index is 5.25. The molecular formula is C17H18OS. The Balaban J connectivity index is 1.99. The van der Waals surface area contributed by atoms with Crippen molar-refractivity contribution in [3.05, 3.63) is 65.2 Å². The molecule has 0 amide bonds. The molecule has 1 aliphatic heterocycles. The number of hydrogen-bond acceptors (Lipinski definition) is 2. The molecule has 3 rings (SSSR count). The Labute approximate surface area is 119 Å². The molecule has 2 aromatic rings. The summed E-state index contributed by atoms with van der Waals surface area (Å²) in [5.74, 6) is 3.83. The van der Waals surface area contributed by atoms with Gasteiger partial charge >= 0.3 is 0 Å². The van der Waals surface area contributed by atoms with Gasteiger partial charge in [0.05, 0.1) is 7.11 Å². The van der Waals surface area contributed by atoms with Crippen molar-refractivity contribution < 1.29 is 4.74 Å². The van der Waals surface area contributed by atoms with Crippen molar-refractivity contribution in [1.29, 1.82) is 0 Å². The number of rotatable bonds is 2. The molecule has 0 aliphatic carbocycles. The largest absolute Gasteiger partial charge is 0.497 e. The van der Waals surface area contributed by atoms with Crippen molar-refractivity contribution in [3.8, 4) is 5.75 Å². The van der Waals surface area contributed by atoms with Gasteiger partial charge in [0.15, 0.2) is 0 Å². The third-order valence-electron chi connectivity index (χ3n) is 3.75. The first-order valence-electron chi connectivity index (χ1n) is 6.68. The van der Waals surface area contributed by atoms with E-state index in [2.05, 4.69) is 60.3 Å². The first kappa shape index (κ1) is 12.6. The first-order valence-corrected chi connectivity index (χ1v) is 7.83. The summed E-state index contributed by atoms with van der Waals surface area (Å²) in [4.78, 5) is 0. The monoisotopic (exact) mass is 270 g/mol. The van der Waals surface area contributed by atoms with Crippen molar-refractivity contribution >= 4 is 11.8 Å². The van der Waals surface area contributed by atoms with Gasteiger partial charge < -0.3 is 4.74 Å². The van der Waals surface area contributed by atoms with Crippen LogP contribution in [0.1, 0.15) is 22.6 Å². The predicted octanol–water partition coefficient (Wildman–Crippen LogP) is 4.12. The number of aryl methyl sites for hydroxylation is 1. The van der Waals surface area contributed by atoms with E-state index in [4.69, 9.17) is 4.74 Å². The van der Waals surface area contributed by atoms with E-state index < -0.39 is 0 Å². The molecule has 1 unspecified atom stereocenters. The molecule has 0 spiro atoms. The first-order chi connectivity index (χ1) is 9.38. The molecule has 0 fully saturated rings. The summed E-state index contributed by atoms with van der Waals surface area (Å²) in [5.41, 5.74) is 4.40. The highest BCUT2D eigenvalue weighted by Gasteiger charge is 2.20. The van der Waals surface area contributed by atoms with Gasteiger partial charge in [-0.1, -0.05) is 36.4 Å². The molecule has 0 saturated heterocycles. The molecule has 0 bridgehead atoms. The van der Waals surface area contributed by atoms with Gasteiger partial charge in [-0.25, -0.2) is 0 Å². The Hall–Kier alpha value is -1.41. The summed E-state index contributed by atoms with van der Waals surface area (Å²) in [6.07, 6.45) is 1.19. The van der Waals surface area contributed by atoms with Crippen LogP contribution in [0, 0.1) is 0 Å². The van der Waals surface area contributed by atoms with E-state index >= 15 is 0 Å². The second kappa shape index (κ2) is 5.70. The summed E-state index contributed by atoms with van der Waals surface area (Å²) >= 11 is 2.05. The highest BCUT2D eigenvalue weighted by Crippen LogP contribution is 2.34. The van der Waals surface area contributed by atoms with Gasteiger partial charge in [-0.15, -0.1) is 0 Å². The van der Waals surface area contributed by atoms with Gasteiger partial charge in [0.25, 0.3) is 0 Å². The van der Waals surface area contributed by atoms with Crippen molar-refractivity contribution in [1.82, 2.24) is 0 Å². The lowest BCUT2D eigenvalue weighted by molar-refractivity contribution is 0.414. The lowest BCUT2D eigenvalue weighted by Gasteiger charge is -2.18. The highest BCUT2D eigenvalue weighted by atomic mass is 32.2. The number of thioether (sulfide) groups is 1.